The maximum atomic E-state index is 12.2. The predicted octanol–water partition coefficient (Wildman–Crippen LogP) is -2.38. The molecule has 22 heavy (non-hydrogen) atoms. The fraction of sp³-hybridized carbons (Fsp3) is 0.538. The van der Waals surface area contributed by atoms with Crippen molar-refractivity contribution in [2.24, 2.45) is 0 Å². The molecule has 0 radical (unpaired) electrons. The summed E-state index contributed by atoms with van der Waals surface area (Å²) in [7, 11) is 5.31. The zero-order chi connectivity index (χ0) is 16.8. The Balaban J connectivity index is 2.22. The molecule has 1 aliphatic heterocycles. The van der Waals surface area contributed by atoms with Crippen LogP contribution in [-0.4, -0.2) is 58.0 Å². The van der Waals surface area contributed by atoms with E-state index >= 15 is 0 Å². The van der Waals surface area contributed by atoms with E-state index in [2.05, 4.69) is 10.3 Å². The molecular formula is C13H22B4N2O3. The summed E-state index contributed by atoms with van der Waals surface area (Å²) in [5.41, 5.74) is 0.421. The van der Waals surface area contributed by atoms with Gasteiger partial charge >= 0.3 is 7.12 Å². The lowest BCUT2D eigenvalue weighted by atomic mass is 9.49. The average Bonchev–Trinajstić information content (AvgIpc) is 2.57. The van der Waals surface area contributed by atoms with Crippen molar-refractivity contribution in [3.05, 3.63) is 24.0 Å². The topological polar surface area (TPSA) is 60.5 Å². The van der Waals surface area contributed by atoms with Crippen LogP contribution < -0.4 is 10.8 Å². The van der Waals surface area contributed by atoms with Crippen molar-refractivity contribution in [2.75, 3.05) is 0 Å². The summed E-state index contributed by atoms with van der Waals surface area (Å²) in [4.78, 5) is 16.4. The molecule has 1 saturated heterocycles. The second kappa shape index (κ2) is 5.46. The second-order valence-corrected chi connectivity index (χ2v) is 7.80. The number of hydrogen-bond donors (Lipinski definition) is 1. The Morgan fingerprint density at radius 3 is 2.23 bits per heavy atom. The monoisotopic (exact) mass is 298 g/mol. The van der Waals surface area contributed by atoms with Crippen molar-refractivity contribution >= 4 is 42.0 Å². The molecule has 1 fully saturated rings. The molecule has 1 amide bonds. The number of aromatic nitrogens is 1. The third-order valence-corrected chi connectivity index (χ3v) is 4.04. The van der Waals surface area contributed by atoms with E-state index in [1.165, 1.54) is 0 Å². The van der Waals surface area contributed by atoms with Gasteiger partial charge in [-0.2, -0.15) is 0 Å². The summed E-state index contributed by atoms with van der Waals surface area (Å²) in [6, 6.07) is 1.77. The van der Waals surface area contributed by atoms with E-state index < -0.39 is 18.3 Å². The molecule has 2 rings (SSSR count). The molecule has 2 heterocycles. The zero-order valence-corrected chi connectivity index (χ0v) is 14.5. The van der Waals surface area contributed by atoms with Crippen LogP contribution >= 0.6 is 0 Å². The first-order chi connectivity index (χ1) is 9.91. The van der Waals surface area contributed by atoms with Crippen LogP contribution in [0, 0.1) is 0 Å². The van der Waals surface area contributed by atoms with Gasteiger partial charge in [0.15, 0.2) is 0 Å². The zero-order valence-electron chi connectivity index (χ0n) is 14.5. The third-order valence-electron chi connectivity index (χ3n) is 4.04. The van der Waals surface area contributed by atoms with Crippen molar-refractivity contribution in [1.29, 1.82) is 0 Å². The molecule has 0 unspecified atom stereocenters. The van der Waals surface area contributed by atoms with E-state index in [0.717, 1.165) is 5.46 Å². The van der Waals surface area contributed by atoms with Crippen LogP contribution in [0.1, 0.15) is 38.1 Å². The summed E-state index contributed by atoms with van der Waals surface area (Å²) in [5.74, 6) is -0.154. The highest BCUT2D eigenvalue weighted by molar-refractivity contribution is 6.62. The first-order valence-corrected chi connectivity index (χ1v) is 7.54. The Labute approximate surface area is 135 Å². The molecule has 1 aromatic heterocycles. The minimum absolute atomic E-state index is 0.154. The van der Waals surface area contributed by atoms with E-state index in [-0.39, 0.29) is 11.1 Å². The fourth-order valence-electron chi connectivity index (χ4n) is 2.10. The fourth-order valence-corrected chi connectivity index (χ4v) is 2.10. The molecule has 0 aromatic carbocycles. The van der Waals surface area contributed by atoms with E-state index in [4.69, 9.17) is 9.31 Å². The molecule has 0 saturated carbocycles. The van der Waals surface area contributed by atoms with Crippen LogP contribution in [-0.2, 0) is 9.31 Å². The smallest absolute Gasteiger partial charge is 0.399 e. The van der Waals surface area contributed by atoms with E-state index in [1.807, 2.05) is 51.2 Å². The maximum absolute atomic E-state index is 12.2. The van der Waals surface area contributed by atoms with Gasteiger partial charge in [0, 0.05) is 17.9 Å². The molecule has 0 spiro atoms. The number of pyridine rings is 1. The highest BCUT2D eigenvalue weighted by Gasteiger charge is 2.51. The standard InChI is InChI=1S/C13H22B4N2O3/c1-11(2)12(3,4)22-17(21-11)9-5-8(6-18-7-9)10(20)19-13(14,15)16/h5-7H,14-16H2,1-4H3,(H,19,20). The SMILES string of the molecule is BC(B)(B)NC(=O)c1cncc(B2OC(C)(C)C(C)(C)O2)c1. The quantitative estimate of drug-likeness (QED) is 0.633. The van der Waals surface area contributed by atoms with Gasteiger partial charge in [0.2, 0.25) is 0 Å². The molecule has 5 nitrogen and oxygen atoms in total. The number of carbonyl (C=O) groups is 1. The number of rotatable bonds is 3. The molecule has 1 aromatic rings. The number of carbonyl (C=O) groups excluding carboxylic acids is 1. The highest BCUT2D eigenvalue weighted by Crippen LogP contribution is 2.36. The van der Waals surface area contributed by atoms with Crippen LogP contribution in [0.3, 0.4) is 0 Å². The van der Waals surface area contributed by atoms with E-state index in [0.29, 0.717) is 5.56 Å². The van der Waals surface area contributed by atoms with Gasteiger partial charge in [-0.05, 0) is 39.0 Å². The Morgan fingerprint density at radius 2 is 1.73 bits per heavy atom. The number of hydrogen-bond acceptors (Lipinski definition) is 4. The second-order valence-electron chi connectivity index (χ2n) is 7.80. The average molecular weight is 298 g/mol. The minimum Gasteiger partial charge on any atom is -0.399 e. The van der Waals surface area contributed by atoms with Gasteiger partial charge < -0.3 is 14.6 Å². The predicted molar refractivity (Wildman–Crippen MR) is 95.8 cm³/mol. The van der Waals surface area contributed by atoms with Gasteiger partial charge in [-0.1, -0.05) is 0 Å². The van der Waals surface area contributed by atoms with Gasteiger partial charge in [0.05, 0.1) is 16.8 Å². The van der Waals surface area contributed by atoms with Gasteiger partial charge in [0.25, 0.3) is 5.91 Å². The highest BCUT2D eigenvalue weighted by atomic mass is 16.7. The van der Waals surface area contributed by atoms with Crippen LogP contribution in [0.15, 0.2) is 18.5 Å². The summed E-state index contributed by atoms with van der Waals surface area (Å²) in [6.45, 7) is 7.99. The summed E-state index contributed by atoms with van der Waals surface area (Å²) < 4.78 is 12.0. The molecule has 114 valence electrons. The van der Waals surface area contributed by atoms with E-state index in [1.54, 1.807) is 18.5 Å². The molecule has 1 N–H and O–H groups in total. The molecule has 9 heteroatoms. The van der Waals surface area contributed by atoms with Gasteiger partial charge in [0.1, 0.15) is 23.5 Å². The Bertz CT molecular complexity index is 571. The van der Waals surface area contributed by atoms with Crippen LogP contribution in [0.5, 0.6) is 0 Å². The largest absolute Gasteiger partial charge is 0.496 e. The van der Waals surface area contributed by atoms with Crippen molar-refractivity contribution in [2.45, 2.75) is 44.1 Å². The number of nitrogens with one attached hydrogen (secondary N) is 1. The first kappa shape index (κ1) is 17.2. The Hall–Kier alpha value is -1.20. The normalized spacial score (nSPS) is 19.9. The van der Waals surface area contributed by atoms with Crippen molar-refractivity contribution in [3.63, 3.8) is 0 Å². The summed E-state index contributed by atoms with van der Waals surface area (Å²) in [6.07, 6.45) is 3.23. The van der Waals surface area contributed by atoms with Crippen LogP contribution in [0.2, 0.25) is 0 Å². The van der Waals surface area contributed by atoms with Crippen molar-refractivity contribution < 1.29 is 14.1 Å². The molecule has 0 aliphatic carbocycles. The van der Waals surface area contributed by atoms with Crippen molar-refractivity contribution in [1.82, 2.24) is 10.3 Å². The maximum Gasteiger partial charge on any atom is 0.496 e. The van der Waals surface area contributed by atoms with Crippen LogP contribution in [0.4, 0.5) is 0 Å². The Kier molecular flexibility index (Phi) is 4.26. The third kappa shape index (κ3) is 3.58. The van der Waals surface area contributed by atoms with Gasteiger partial charge in [-0.3, -0.25) is 9.78 Å². The Morgan fingerprint density at radius 1 is 1.18 bits per heavy atom. The summed E-state index contributed by atoms with van der Waals surface area (Å²) in [5, 5.41) is 2.63. The minimum atomic E-state index is -0.514. The lowest BCUT2D eigenvalue weighted by Crippen LogP contribution is -2.50. The molecule has 1 aliphatic rings. The first-order valence-electron chi connectivity index (χ1n) is 7.54. The number of amides is 1. The lowest BCUT2D eigenvalue weighted by molar-refractivity contribution is 0.00578. The number of nitrogens with zero attached hydrogens (tertiary/aromatic N) is 1. The summed E-state index contributed by atoms with van der Waals surface area (Å²) >= 11 is 0. The lowest BCUT2D eigenvalue weighted by Gasteiger charge is -2.32. The van der Waals surface area contributed by atoms with Gasteiger partial charge in [-0.25, -0.2) is 0 Å². The van der Waals surface area contributed by atoms with Gasteiger partial charge in [-0.15, -0.1) is 0 Å². The van der Waals surface area contributed by atoms with Crippen molar-refractivity contribution in [3.8, 4) is 0 Å². The van der Waals surface area contributed by atoms with E-state index in [9.17, 15) is 4.79 Å². The molecular weight excluding hydrogens is 275 g/mol. The molecule has 0 bridgehead atoms. The molecule has 0 atom stereocenters. The van der Waals surface area contributed by atoms with Crippen LogP contribution in [0.25, 0.3) is 0 Å².